The van der Waals surface area contributed by atoms with Crippen LogP contribution in [-0.4, -0.2) is 45.2 Å². The zero-order valence-corrected chi connectivity index (χ0v) is 17.4. The minimum Gasteiger partial charge on any atom is -0.298 e. The van der Waals surface area contributed by atoms with E-state index < -0.39 is 36.2 Å². The Balaban J connectivity index is 1.98. The molecule has 0 radical (unpaired) electrons. The molecule has 29 heavy (non-hydrogen) atoms. The van der Waals surface area contributed by atoms with Crippen molar-refractivity contribution in [1.29, 1.82) is 0 Å². The summed E-state index contributed by atoms with van der Waals surface area (Å²) in [5.41, 5.74) is -0.315. The Labute approximate surface area is 169 Å². The molecule has 0 unspecified atom stereocenters. The smallest absolute Gasteiger partial charge is 0.271 e. The number of carbonyl (C=O) groups is 1. The molecule has 152 valence electrons. The first kappa shape index (κ1) is 20.8. The lowest BCUT2D eigenvalue weighted by Gasteiger charge is -2.05. The Kier molecular flexibility index (Phi) is 5.15. The molecule has 10 nitrogen and oxygen atoms in total. The number of fused-ring (bicyclic) bond motifs is 1. The Morgan fingerprint density at radius 3 is 2.28 bits per heavy atom. The average molecular weight is 455 g/mol. The Morgan fingerprint density at radius 2 is 1.69 bits per heavy atom. The fraction of sp³-hybridized carbons (Fsp3) is 0.125. The van der Waals surface area contributed by atoms with E-state index in [-0.39, 0.29) is 20.5 Å². The van der Waals surface area contributed by atoms with Gasteiger partial charge in [0.25, 0.3) is 11.6 Å². The monoisotopic (exact) mass is 455 g/mol. The average Bonchev–Trinajstić information content (AvgIpc) is 3.01. The zero-order valence-electron chi connectivity index (χ0n) is 14.9. The van der Waals surface area contributed by atoms with Crippen LogP contribution < -0.4 is 5.32 Å². The maximum atomic E-state index is 12.5. The van der Waals surface area contributed by atoms with Crippen molar-refractivity contribution in [2.75, 3.05) is 17.8 Å². The van der Waals surface area contributed by atoms with Crippen LogP contribution in [-0.2, 0) is 19.7 Å². The van der Waals surface area contributed by atoms with Gasteiger partial charge < -0.3 is 0 Å². The number of hydrogen-bond donors (Lipinski definition) is 1. The molecular formula is C16H13N3O7S3. The molecule has 1 heterocycles. The van der Waals surface area contributed by atoms with Crippen molar-refractivity contribution in [3.8, 4) is 0 Å². The highest BCUT2D eigenvalue weighted by Crippen LogP contribution is 2.29. The van der Waals surface area contributed by atoms with Gasteiger partial charge in [-0.1, -0.05) is 11.3 Å². The molecule has 13 heteroatoms. The summed E-state index contributed by atoms with van der Waals surface area (Å²) in [4.78, 5) is 26.7. The molecule has 0 atom stereocenters. The lowest BCUT2D eigenvalue weighted by molar-refractivity contribution is -0.385. The van der Waals surface area contributed by atoms with Crippen LogP contribution in [0.3, 0.4) is 0 Å². The van der Waals surface area contributed by atoms with Crippen LogP contribution in [0.2, 0.25) is 0 Å². The summed E-state index contributed by atoms with van der Waals surface area (Å²) in [7, 11) is -7.19. The number of hydrogen-bond acceptors (Lipinski definition) is 9. The van der Waals surface area contributed by atoms with Gasteiger partial charge in [-0.25, -0.2) is 21.8 Å². The lowest BCUT2D eigenvalue weighted by atomic mass is 10.2. The van der Waals surface area contributed by atoms with Crippen LogP contribution in [0, 0.1) is 10.1 Å². The number of aromatic nitrogens is 1. The molecule has 0 fully saturated rings. The topological polar surface area (TPSA) is 153 Å². The number of amides is 1. The molecule has 0 saturated carbocycles. The van der Waals surface area contributed by atoms with Crippen molar-refractivity contribution >= 4 is 58.0 Å². The third-order valence-electron chi connectivity index (χ3n) is 3.80. The van der Waals surface area contributed by atoms with Gasteiger partial charge in [0.2, 0.25) is 0 Å². The van der Waals surface area contributed by atoms with Crippen molar-refractivity contribution in [3.05, 3.63) is 52.1 Å². The summed E-state index contributed by atoms with van der Waals surface area (Å²) in [5.74, 6) is -0.791. The molecular weight excluding hydrogens is 442 g/mol. The predicted molar refractivity (Wildman–Crippen MR) is 107 cm³/mol. The summed E-state index contributed by atoms with van der Waals surface area (Å²) in [6, 6.07) is 7.17. The maximum Gasteiger partial charge on any atom is 0.271 e. The number of rotatable bonds is 5. The normalized spacial score (nSPS) is 12.1. The number of nitro benzene ring substituents is 1. The van der Waals surface area contributed by atoms with E-state index in [1.54, 1.807) is 0 Å². The summed E-state index contributed by atoms with van der Waals surface area (Å²) in [6.45, 7) is 0. The number of carbonyl (C=O) groups excluding carboxylic acids is 1. The van der Waals surface area contributed by atoms with E-state index in [1.807, 2.05) is 0 Å². The highest BCUT2D eigenvalue weighted by molar-refractivity contribution is 7.91. The summed E-state index contributed by atoms with van der Waals surface area (Å²) in [6.07, 6.45) is 1.94. The third kappa shape index (κ3) is 4.58. The lowest BCUT2D eigenvalue weighted by Crippen LogP contribution is -2.13. The van der Waals surface area contributed by atoms with Gasteiger partial charge in [-0.15, -0.1) is 0 Å². The Bertz CT molecular complexity index is 1380. The van der Waals surface area contributed by atoms with E-state index in [2.05, 4.69) is 10.3 Å². The van der Waals surface area contributed by atoms with Gasteiger partial charge in [0.15, 0.2) is 24.8 Å². The van der Waals surface area contributed by atoms with Gasteiger partial charge in [0, 0.05) is 30.2 Å². The molecule has 3 aromatic rings. The molecule has 0 aliphatic heterocycles. The molecule has 0 saturated heterocycles. The van der Waals surface area contributed by atoms with Gasteiger partial charge in [0.1, 0.15) is 0 Å². The second-order valence-corrected chi connectivity index (χ2v) is 11.2. The highest BCUT2D eigenvalue weighted by atomic mass is 32.2. The van der Waals surface area contributed by atoms with Gasteiger partial charge >= 0.3 is 0 Å². The van der Waals surface area contributed by atoms with Crippen molar-refractivity contribution in [2.45, 2.75) is 9.79 Å². The van der Waals surface area contributed by atoms with Crippen LogP contribution in [0.1, 0.15) is 10.4 Å². The fourth-order valence-corrected chi connectivity index (χ4v) is 4.69. The summed E-state index contributed by atoms with van der Waals surface area (Å²) in [5, 5.41) is 13.6. The molecule has 0 aliphatic carbocycles. The number of anilines is 1. The number of thiazole rings is 1. The number of nitrogens with zero attached hydrogens (tertiary/aromatic N) is 2. The van der Waals surface area contributed by atoms with Gasteiger partial charge in [-0.3, -0.25) is 20.2 Å². The first-order valence-corrected chi connectivity index (χ1v) is 12.4. The van der Waals surface area contributed by atoms with E-state index in [1.165, 1.54) is 18.2 Å². The van der Waals surface area contributed by atoms with Crippen molar-refractivity contribution < 1.29 is 26.6 Å². The zero-order chi connectivity index (χ0) is 21.6. The number of benzene rings is 2. The van der Waals surface area contributed by atoms with Crippen LogP contribution in [0.5, 0.6) is 0 Å². The van der Waals surface area contributed by atoms with Crippen molar-refractivity contribution in [2.24, 2.45) is 0 Å². The first-order chi connectivity index (χ1) is 13.3. The predicted octanol–water partition coefficient (Wildman–Crippen LogP) is 2.26. The number of sulfone groups is 2. The Hall–Kier alpha value is -2.90. The molecule has 2 aromatic carbocycles. The Morgan fingerprint density at radius 1 is 1.03 bits per heavy atom. The van der Waals surface area contributed by atoms with Gasteiger partial charge in [-0.05, 0) is 24.3 Å². The van der Waals surface area contributed by atoms with Crippen molar-refractivity contribution in [3.63, 3.8) is 0 Å². The molecule has 3 rings (SSSR count). The molecule has 0 bridgehead atoms. The molecule has 1 amide bonds. The van der Waals surface area contributed by atoms with Gasteiger partial charge in [-0.2, -0.15) is 0 Å². The standard InChI is InChI=1S/C16H13N3O7S3/c1-28(23,24)11-3-4-13-14(8-11)27-16(17-13)18-15(20)9-5-10(19(21)22)7-12(6-9)29(2,25)26/h3-8H,1-2H3,(H,17,18,20). The molecule has 0 spiro atoms. The van der Waals surface area contributed by atoms with E-state index in [4.69, 9.17) is 0 Å². The van der Waals surface area contributed by atoms with Crippen LogP contribution >= 0.6 is 11.3 Å². The molecule has 1 N–H and O–H groups in total. The number of nitro groups is 1. The van der Waals surface area contributed by atoms with E-state index >= 15 is 0 Å². The largest absolute Gasteiger partial charge is 0.298 e. The quantitative estimate of drug-likeness (QED) is 0.454. The number of non-ortho nitro benzene ring substituents is 1. The van der Waals surface area contributed by atoms with E-state index in [0.29, 0.717) is 10.2 Å². The molecule has 1 aromatic heterocycles. The van der Waals surface area contributed by atoms with Gasteiger partial charge in [0.05, 0.1) is 24.9 Å². The fourth-order valence-electron chi connectivity index (χ4n) is 2.39. The minimum absolute atomic E-state index is 0.100. The van der Waals surface area contributed by atoms with E-state index in [9.17, 15) is 31.7 Å². The van der Waals surface area contributed by atoms with Crippen molar-refractivity contribution in [1.82, 2.24) is 4.98 Å². The number of nitrogens with one attached hydrogen (secondary N) is 1. The summed E-state index contributed by atoms with van der Waals surface area (Å²) < 4.78 is 47.3. The minimum atomic E-state index is -3.78. The highest BCUT2D eigenvalue weighted by Gasteiger charge is 2.20. The first-order valence-electron chi connectivity index (χ1n) is 7.76. The maximum absolute atomic E-state index is 12.5. The second-order valence-electron chi connectivity index (χ2n) is 6.12. The second kappa shape index (κ2) is 7.17. The van der Waals surface area contributed by atoms with Crippen LogP contribution in [0.4, 0.5) is 10.8 Å². The van der Waals surface area contributed by atoms with Crippen LogP contribution in [0.25, 0.3) is 10.2 Å². The van der Waals surface area contributed by atoms with Crippen LogP contribution in [0.15, 0.2) is 46.2 Å². The third-order valence-corrected chi connectivity index (χ3v) is 6.94. The summed E-state index contributed by atoms with van der Waals surface area (Å²) >= 11 is 1.01. The molecule has 0 aliphatic rings. The SMILES string of the molecule is CS(=O)(=O)c1cc(C(=O)Nc2nc3ccc(S(C)(=O)=O)cc3s2)cc([N+](=O)[O-])c1. The van der Waals surface area contributed by atoms with E-state index in [0.717, 1.165) is 42.0 Å².